The van der Waals surface area contributed by atoms with Crippen LogP contribution in [0.4, 0.5) is 0 Å². The lowest BCUT2D eigenvalue weighted by molar-refractivity contribution is 0.733. The molecule has 7 rings (SSSR count). The Balaban J connectivity index is 1.69. The molecule has 0 amide bonds. The van der Waals surface area contributed by atoms with Gasteiger partial charge in [0.2, 0.25) is 0 Å². The van der Waals surface area contributed by atoms with Gasteiger partial charge in [-0.25, -0.2) is 0 Å². The van der Waals surface area contributed by atoms with E-state index < -0.39 is 0 Å². The highest BCUT2D eigenvalue weighted by atomic mass is 15.0. The maximum Gasteiger partial charge on any atom is 0.0641 e. The predicted molar refractivity (Wildman–Crippen MR) is 154 cm³/mol. The minimum absolute atomic E-state index is 0.526. The third kappa shape index (κ3) is 2.97. The molecular formula is C34H28N2. The summed E-state index contributed by atoms with van der Waals surface area (Å²) in [6.45, 7) is 4.58. The van der Waals surface area contributed by atoms with E-state index in [9.17, 15) is 0 Å². The largest absolute Gasteiger partial charge is 0.309 e. The summed E-state index contributed by atoms with van der Waals surface area (Å²) in [5.41, 5.74) is 8.79. The fourth-order valence-electron chi connectivity index (χ4n) is 5.84. The first-order chi connectivity index (χ1) is 17.8. The van der Waals surface area contributed by atoms with Crippen LogP contribution in [0.3, 0.4) is 0 Å². The molecule has 2 heteroatoms. The van der Waals surface area contributed by atoms with Crippen molar-refractivity contribution in [1.82, 2.24) is 9.13 Å². The first-order valence-corrected chi connectivity index (χ1v) is 12.9. The Morgan fingerprint density at radius 2 is 1.22 bits per heavy atom. The summed E-state index contributed by atoms with van der Waals surface area (Å²) in [7, 11) is 0. The minimum Gasteiger partial charge on any atom is -0.309 e. The monoisotopic (exact) mass is 464 g/mol. The van der Waals surface area contributed by atoms with Crippen LogP contribution in [0.25, 0.3) is 55.0 Å². The number of fused-ring (bicyclic) bond motifs is 7. The van der Waals surface area contributed by atoms with Gasteiger partial charge in [-0.3, -0.25) is 0 Å². The standard InChI is InChI=1S/C34H28N2/c1-3-23(2)24-12-11-15-26(22-24)36-30-18-9-7-16-27(30)28-20-21-32-33(34(28)36)29-17-8-10-19-31(29)35(32)25-13-5-4-6-14-25/h4-23H,3H2,1-2H3. The van der Waals surface area contributed by atoms with E-state index in [1.807, 2.05) is 0 Å². The van der Waals surface area contributed by atoms with Gasteiger partial charge in [0.15, 0.2) is 0 Å². The second kappa shape index (κ2) is 8.13. The Kier molecular flexibility index (Phi) is 4.75. The van der Waals surface area contributed by atoms with E-state index in [1.165, 1.54) is 60.5 Å². The molecule has 0 aliphatic heterocycles. The van der Waals surface area contributed by atoms with E-state index in [1.54, 1.807) is 0 Å². The van der Waals surface area contributed by atoms with Crippen molar-refractivity contribution in [1.29, 1.82) is 0 Å². The highest BCUT2D eigenvalue weighted by molar-refractivity contribution is 6.26. The Labute approximate surface area is 211 Å². The lowest BCUT2D eigenvalue weighted by Crippen LogP contribution is -1.98. The average molecular weight is 465 g/mol. The van der Waals surface area contributed by atoms with Crippen molar-refractivity contribution >= 4 is 43.6 Å². The van der Waals surface area contributed by atoms with Crippen LogP contribution >= 0.6 is 0 Å². The molecule has 1 atom stereocenters. The third-order valence-electron chi connectivity index (χ3n) is 7.79. The second-order valence-electron chi connectivity index (χ2n) is 9.80. The molecule has 36 heavy (non-hydrogen) atoms. The van der Waals surface area contributed by atoms with Gasteiger partial charge in [0.05, 0.1) is 22.1 Å². The molecule has 0 fully saturated rings. The molecule has 0 saturated heterocycles. The number of nitrogens with zero attached hydrogens (tertiary/aromatic N) is 2. The van der Waals surface area contributed by atoms with Gasteiger partial charge >= 0.3 is 0 Å². The zero-order valence-corrected chi connectivity index (χ0v) is 20.6. The molecule has 0 aliphatic rings. The third-order valence-corrected chi connectivity index (χ3v) is 7.79. The molecule has 1 unspecified atom stereocenters. The fraction of sp³-hybridized carbons (Fsp3) is 0.118. The summed E-state index contributed by atoms with van der Waals surface area (Å²) in [5, 5.41) is 5.17. The molecule has 7 aromatic rings. The zero-order valence-electron chi connectivity index (χ0n) is 20.6. The van der Waals surface area contributed by atoms with E-state index in [0.29, 0.717) is 5.92 Å². The first kappa shape index (κ1) is 21.0. The van der Waals surface area contributed by atoms with Crippen LogP contribution in [0, 0.1) is 0 Å². The molecule has 0 aliphatic carbocycles. The van der Waals surface area contributed by atoms with Gasteiger partial charge in [-0.05, 0) is 60.4 Å². The van der Waals surface area contributed by atoms with Crippen molar-refractivity contribution in [3.05, 3.63) is 121 Å². The molecule has 0 saturated carbocycles. The van der Waals surface area contributed by atoms with Gasteiger partial charge in [-0.15, -0.1) is 0 Å². The zero-order chi connectivity index (χ0) is 24.2. The summed E-state index contributed by atoms with van der Waals surface area (Å²) >= 11 is 0. The van der Waals surface area contributed by atoms with E-state index in [0.717, 1.165) is 6.42 Å². The predicted octanol–water partition coefficient (Wildman–Crippen LogP) is 9.39. The van der Waals surface area contributed by atoms with Crippen LogP contribution in [0.15, 0.2) is 115 Å². The van der Waals surface area contributed by atoms with Gasteiger partial charge < -0.3 is 9.13 Å². The smallest absolute Gasteiger partial charge is 0.0641 e. The summed E-state index contributed by atoms with van der Waals surface area (Å²) in [6, 6.07) is 42.1. The number of hydrogen-bond donors (Lipinski definition) is 0. The lowest BCUT2D eigenvalue weighted by atomic mass is 9.98. The Bertz CT molecular complexity index is 1890. The molecular weight excluding hydrogens is 436 g/mol. The number of benzene rings is 5. The molecule has 2 nitrogen and oxygen atoms in total. The molecule has 5 aromatic carbocycles. The van der Waals surface area contributed by atoms with Gasteiger partial charge in [0.1, 0.15) is 0 Å². The van der Waals surface area contributed by atoms with Crippen molar-refractivity contribution in [2.45, 2.75) is 26.2 Å². The Morgan fingerprint density at radius 1 is 0.556 bits per heavy atom. The molecule has 0 radical (unpaired) electrons. The van der Waals surface area contributed by atoms with Crippen molar-refractivity contribution in [3.8, 4) is 11.4 Å². The van der Waals surface area contributed by atoms with Crippen LogP contribution in [-0.2, 0) is 0 Å². The normalized spacial score (nSPS) is 12.7. The first-order valence-electron chi connectivity index (χ1n) is 12.9. The molecule has 2 aromatic heterocycles. The maximum atomic E-state index is 2.49. The minimum atomic E-state index is 0.526. The molecule has 0 spiro atoms. The molecule has 174 valence electrons. The van der Waals surface area contributed by atoms with E-state index in [-0.39, 0.29) is 0 Å². The quantitative estimate of drug-likeness (QED) is 0.245. The maximum absolute atomic E-state index is 2.49. The lowest BCUT2D eigenvalue weighted by Gasteiger charge is -2.14. The average Bonchev–Trinajstić information content (AvgIpc) is 3.46. The van der Waals surface area contributed by atoms with Crippen LogP contribution in [0.5, 0.6) is 0 Å². The molecule has 0 bridgehead atoms. The number of hydrogen-bond acceptors (Lipinski definition) is 0. The number of aromatic nitrogens is 2. The van der Waals surface area contributed by atoms with Gasteiger partial charge in [0, 0.05) is 32.9 Å². The van der Waals surface area contributed by atoms with Gasteiger partial charge in [-0.1, -0.05) is 86.6 Å². The number of rotatable bonds is 4. The fourth-order valence-corrected chi connectivity index (χ4v) is 5.84. The summed E-state index contributed by atoms with van der Waals surface area (Å²) in [4.78, 5) is 0. The van der Waals surface area contributed by atoms with E-state index in [2.05, 4.69) is 138 Å². The van der Waals surface area contributed by atoms with Gasteiger partial charge in [0.25, 0.3) is 0 Å². The molecule has 0 N–H and O–H groups in total. The van der Waals surface area contributed by atoms with Crippen molar-refractivity contribution in [3.63, 3.8) is 0 Å². The van der Waals surface area contributed by atoms with Crippen LogP contribution in [-0.4, -0.2) is 9.13 Å². The van der Waals surface area contributed by atoms with Crippen LogP contribution in [0.2, 0.25) is 0 Å². The highest BCUT2D eigenvalue weighted by Crippen LogP contribution is 2.42. The highest BCUT2D eigenvalue weighted by Gasteiger charge is 2.20. The van der Waals surface area contributed by atoms with E-state index in [4.69, 9.17) is 0 Å². The van der Waals surface area contributed by atoms with Crippen molar-refractivity contribution in [2.24, 2.45) is 0 Å². The summed E-state index contributed by atoms with van der Waals surface area (Å²) < 4.78 is 4.89. The summed E-state index contributed by atoms with van der Waals surface area (Å²) in [6.07, 6.45) is 1.13. The molecule has 2 heterocycles. The summed E-state index contributed by atoms with van der Waals surface area (Å²) in [5.74, 6) is 0.526. The topological polar surface area (TPSA) is 9.86 Å². The Hall–Kier alpha value is -4.30. The van der Waals surface area contributed by atoms with Crippen molar-refractivity contribution in [2.75, 3.05) is 0 Å². The Morgan fingerprint density at radius 3 is 2.00 bits per heavy atom. The van der Waals surface area contributed by atoms with E-state index >= 15 is 0 Å². The number of para-hydroxylation sites is 3. The van der Waals surface area contributed by atoms with Crippen molar-refractivity contribution < 1.29 is 0 Å². The SMILES string of the molecule is CCC(C)c1cccc(-n2c3ccccc3c3ccc4c(c5ccccc5n4-c4ccccc4)c32)c1. The van der Waals surface area contributed by atoms with Crippen LogP contribution < -0.4 is 0 Å². The van der Waals surface area contributed by atoms with Crippen LogP contribution in [0.1, 0.15) is 31.7 Å². The second-order valence-corrected chi connectivity index (χ2v) is 9.80. The van der Waals surface area contributed by atoms with Gasteiger partial charge in [-0.2, -0.15) is 0 Å².